The van der Waals surface area contributed by atoms with Crippen LogP contribution in [0, 0.1) is 0 Å². The number of hydrogen-bond donors (Lipinski definition) is 0. The molecular weight excluding hydrogens is 647 g/mol. The van der Waals surface area contributed by atoms with Gasteiger partial charge in [0.25, 0.3) is 0 Å². The van der Waals surface area contributed by atoms with E-state index in [0.29, 0.717) is 0 Å². The van der Waals surface area contributed by atoms with Crippen LogP contribution in [0.4, 0.5) is 17.1 Å². The highest BCUT2D eigenvalue weighted by Gasteiger charge is 2.19. The summed E-state index contributed by atoms with van der Waals surface area (Å²) in [5.41, 5.74) is 10.6. The summed E-state index contributed by atoms with van der Waals surface area (Å²) in [6, 6.07) is 73.0. The van der Waals surface area contributed by atoms with Crippen LogP contribution in [-0.4, -0.2) is 0 Å². The zero-order valence-corrected chi connectivity index (χ0v) is 29.2. The number of hydrogen-bond acceptors (Lipinski definition) is 2. The van der Waals surface area contributed by atoms with Crippen molar-refractivity contribution in [1.29, 1.82) is 0 Å². The molecule has 1 aromatic heterocycles. The molecule has 0 unspecified atom stereocenters. The molecule has 10 aromatic rings. The van der Waals surface area contributed by atoms with Crippen molar-refractivity contribution in [2.75, 3.05) is 4.90 Å². The van der Waals surface area contributed by atoms with Crippen LogP contribution >= 0.6 is 11.3 Å². The Morgan fingerprint density at radius 1 is 0.288 bits per heavy atom. The summed E-state index contributed by atoms with van der Waals surface area (Å²) in [5.74, 6) is 0. The first-order valence-corrected chi connectivity index (χ1v) is 18.6. The first kappa shape index (κ1) is 30.4. The van der Waals surface area contributed by atoms with Gasteiger partial charge in [-0.15, -0.1) is 11.3 Å². The third kappa shape index (κ3) is 5.33. The fourth-order valence-corrected chi connectivity index (χ4v) is 8.89. The van der Waals surface area contributed by atoms with Gasteiger partial charge in [0.2, 0.25) is 0 Å². The van der Waals surface area contributed by atoms with Gasteiger partial charge in [-0.1, -0.05) is 152 Å². The van der Waals surface area contributed by atoms with Gasteiger partial charge in [-0.25, -0.2) is 0 Å². The molecule has 244 valence electrons. The third-order valence-corrected chi connectivity index (χ3v) is 11.3. The lowest BCUT2D eigenvalue weighted by Gasteiger charge is -2.27. The summed E-state index contributed by atoms with van der Waals surface area (Å²) in [6.45, 7) is 0. The molecular formula is C50H33NS. The van der Waals surface area contributed by atoms with Crippen LogP contribution in [0.3, 0.4) is 0 Å². The van der Waals surface area contributed by atoms with Crippen molar-refractivity contribution in [3.63, 3.8) is 0 Å². The van der Waals surface area contributed by atoms with Crippen LogP contribution in [0.5, 0.6) is 0 Å². The maximum atomic E-state index is 2.43. The van der Waals surface area contributed by atoms with E-state index < -0.39 is 0 Å². The molecule has 0 radical (unpaired) electrons. The van der Waals surface area contributed by atoms with E-state index in [-0.39, 0.29) is 0 Å². The highest BCUT2D eigenvalue weighted by atomic mass is 32.1. The van der Waals surface area contributed by atoms with Gasteiger partial charge in [-0.05, 0) is 103 Å². The first-order valence-electron chi connectivity index (χ1n) is 17.8. The maximum absolute atomic E-state index is 2.43. The van der Waals surface area contributed by atoms with Gasteiger partial charge < -0.3 is 4.90 Å². The normalized spacial score (nSPS) is 11.5. The van der Waals surface area contributed by atoms with Crippen molar-refractivity contribution >= 4 is 70.1 Å². The number of rotatable bonds is 6. The molecule has 0 fully saturated rings. The zero-order chi connectivity index (χ0) is 34.4. The smallest absolute Gasteiger partial charge is 0.0476 e. The van der Waals surface area contributed by atoms with Gasteiger partial charge in [0, 0.05) is 37.2 Å². The largest absolute Gasteiger partial charge is 0.310 e. The van der Waals surface area contributed by atoms with Crippen LogP contribution < -0.4 is 4.90 Å². The summed E-state index contributed by atoms with van der Waals surface area (Å²) in [6.07, 6.45) is 0. The maximum Gasteiger partial charge on any atom is 0.0476 e. The zero-order valence-electron chi connectivity index (χ0n) is 28.4. The van der Waals surface area contributed by atoms with Gasteiger partial charge in [-0.2, -0.15) is 0 Å². The molecule has 0 aliphatic rings. The van der Waals surface area contributed by atoms with Crippen LogP contribution in [0.25, 0.3) is 75.1 Å². The topological polar surface area (TPSA) is 3.24 Å². The quantitative estimate of drug-likeness (QED) is 0.169. The molecule has 1 nitrogen and oxygen atoms in total. The molecule has 10 rings (SSSR count). The molecule has 0 saturated heterocycles. The van der Waals surface area contributed by atoms with Crippen molar-refractivity contribution in [1.82, 2.24) is 0 Å². The molecule has 0 amide bonds. The molecule has 2 heteroatoms. The van der Waals surface area contributed by atoms with Crippen molar-refractivity contribution in [3.8, 4) is 33.4 Å². The van der Waals surface area contributed by atoms with Gasteiger partial charge in [0.05, 0.1) is 0 Å². The Bertz CT molecular complexity index is 2900. The standard InChI is InChI=1S/C50H33NS/c1-3-13-34(14-4-1)45-27-25-41(32-47(45)36-15-5-2-6-16-36)51(40-22-11-21-39(29-40)44-24-12-20-35-17-9-10-23-43(35)44)42-26-28-46-48-30-37-18-7-8-19-38(37)31-49(48)52-50(46)33-42/h1-33H. The fraction of sp³-hybridized carbons (Fsp3) is 0. The second-order valence-electron chi connectivity index (χ2n) is 13.4. The first-order chi connectivity index (χ1) is 25.8. The van der Waals surface area contributed by atoms with Crippen LogP contribution in [0.1, 0.15) is 0 Å². The Kier molecular flexibility index (Phi) is 7.41. The van der Waals surface area contributed by atoms with E-state index in [1.165, 1.54) is 75.1 Å². The minimum Gasteiger partial charge on any atom is -0.310 e. The molecule has 0 spiro atoms. The number of fused-ring (bicyclic) bond motifs is 5. The van der Waals surface area contributed by atoms with E-state index in [0.717, 1.165) is 17.1 Å². The number of nitrogens with zero attached hydrogens (tertiary/aromatic N) is 1. The number of benzene rings is 9. The van der Waals surface area contributed by atoms with Gasteiger partial charge in [0.1, 0.15) is 0 Å². The van der Waals surface area contributed by atoms with E-state index in [2.05, 4.69) is 205 Å². The third-order valence-electron chi connectivity index (χ3n) is 10.2. The molecule has 0 saturated carbocycles. The van der Waals surface area contributed by atoms with E-state index >= 15 is 0 Å². The van der Waals surface area contributed by atoms with Crippen molar-refractivity contribution in [3.05, 3.63) is 200 Å². The summed E-state index contributed by atoms with van der Waals surface area (Å²) in [4.78, 5) is 2.43. The Labute approximate surface area is 307 Å². The van der Waals surface area contributed by atoms with E-state index in [1.807, 2.05) is 11.3 Å². The van der Waals surface area contributed by atoms with Gasteiger partial charge >= 0.3 is 0 Å². The van der Waals surface area contributed by atoms with Gasteiger partial charge in [-0.3, -0.25) is 0 Å². The predicted octanol–water partition coefficient (Wildman–Crippen LogP) is 14.8. The molecule has 0 aliphatic carbocycles. The monoisotopic (exact) mass is 679 g/mol. The van der Waals surface area contributed by atoms with Crippen LogP contribution in [0.2, 0.25) is 0 Å². The average molecular weight is 680 g/mol. The second kappa shape index (κ2) is 12.7. The second-order valence-corrected chi connectivity index (χ2v) is 14.4. The molecule has 0 N–H and O–H groups in total. The molecule has 9 aromatic carbocycles. The lowest BCUT2D eigenvalue weighted by Crippen LogP contribution is -2.10. The van der Waals surface area contributed by atoms with Gasteiger partial charge in [0.15, 0.2) is 0 Å². The molecule has 0 atom stereocenters. The molecule has 0 bridgehead atoms. The highest BCUT2D eigenvalue weighted by molar-refractivity contribution is 7.25. The van der Waals surface area contributed by atoms with Crippen LogP contribution in [0.15, 0.2) is 200 Å². The Morgan fingerprint density at radius 2 is 0.865 bits per heavy atom. The average Bonchev–Trinajstić information content (AvgIpc) is 3.57. The van der Waals surface area contributed by atoms with E-state index in [1.54, 1.807) is 0 Å². The lowest BCUT2D eigenvalue weighted by molar-refractivity contribution is 1.29. The van der Waals surface area contributed by atoms with E-state index in [9.17, 15) is 0 Å². The van der Waals surface area contributed by atoms with E-state index in [4.69, 9.17) is 0 Å². The Hall–Kier alpha value is -6.48. The Morgan fingerprint density at radius 3 is 1.67 bits per heavy atom. The Balaban J connectivity index is 1.19. The minimum atomic E-state index is 1.11. The minimum absolute atomic E-state index is 1.11. The molecule has 52 heavy (non-hydrogen) atoms. The number of thiophene rings is 1. The summed E-state index contributed by atoms with van der Waals surface area (Å²) < 4.78 is 2.59. The summed E-state index contributed by atoms with van der Waals surface area (Å²) >= 11 is 1.87. The number of anilines is 3. The van der Waals surface area contributed by atoms with Crippen molar-refractivity contribution in [2.45, 2.75) is 0 Å². The fourth-order valence-electron chi connectivity index (χ4n) is 7.72. The van der Waals surface area contributed by atoms with Crippen LogP contribution in [-0.2, 0) is 0 Å². The van der Waals surface area contributed by atoms with Crippen molar-refractivity contribution in [2.24, 2.45) is 0 Å². The lowest BCUT2D eigenvalue weighted by atomic mass is 9.93. The molecule has 1 heterocycles. The highest BCUT2D eigenvalue weighted by Crippen LogP contribution is 2.45. The predicted molar refractivity (Wildman–Crippen MR) is 225 cm³/mol. The summed E-state index contributed by atoms with van der Waals surface area (Å²) in [7, 11) is 0. The van der Waals surface area contributed by atoms with Crippen molar-refractivity contribution < 1.29 is 0 Å². The summed E-state index contributed by atoms with van der Waals surface area (Å²) in [5, 5.41) is 7.66. The molecule has 0 aliphatic heterocycles. The SMILES string of the molecule is c1ccc(-c2ccc(N(c3cccc(-c4cccc5ccccc45)c3)c3ccc4c(c3)sc3cc5ccccc5cc34)cc2-c2ccccc2)cc1.